The summed E-state index contributed by atoms with van der Waals surface area (Å²) in [4.78, 5) is 29.2. The minimum absolute atomic E-state index is 0.125. The summed E-state index contributed by atoms with van der Waals surface area (Å²) >= 11 is 0. The number of amides is 1. The number of rotatable bonds is 7. The van der Waals surface area contributed by atoms with Crippen molar-refractivity contribution in [2.24, 2.45) is 0 Å². The van der Waals surface area contributed by atoms with Crippen molar-refractivity contribution < 1.29 is 23.5 Å². The van der Waals surface area contributed by atoms with Crippen molar-refractivity contribution in [3.8, 4) is 5.75 Å². The number of ether oxygens (including phenoxy) is 2. The molecule has 0 radical (unpaired) electrons. The third-order valence-corrected chi connectivity index (χ3v) is 4.13. The van der Waals surface area contributed by atoms with Gasteiger partial charge in [-0.15, -0.1) is 0 Å². The first-order chi connectivity index (χ1) is 13.0. The zero-order valence-corrected chi connectivity index (χ0v) is 17.8. The number of fused-ring (bicyclic) bond motifs is 1. The van der Waals surface area contributed by atoms with Gasteiger partial charge in [0, 0.05) is 18.5 Å². The van der Waals surface area contributed by atoms with E-state index in [4.69, 9.17) is 13.9 Å². The molecule has 0 unspecified atom stereocenters. The Balaban J connectivity index is 2.36. The van der Waals surface area contributed by atoms with Gasteiger partial charge in [-0.25, -0.2) is 0 Å². The average molecular weight is 390 g/mol. The number of aryl methyl sites for hydroxylation is 1. The van der Waals surface area contributed by atoms with E-state index in [0.29, 0.717) is 41.1 Å². The summed E-state index contributed by atoms with van der Waals surface area (Å²) in [6.07, 6.45) is 0. The van der Waals surface area contributed by atoms with Crippen LogP contribution in [-0.2, 0) is 9.53 Å². The van der Waals surface area contributed by atoms with Crippen LogP contribution in [0.1, 0.15) is 36.9 Å². The topological polar surface area (TPSA) is 72.2 Å². The van der Waals surface area contributed by atoms with E-state index in [9.17, 15) is 9.59 Å². The van der Waals surface area contributed by atoms with Crippen LogP contribution in [0.15, 0.2) is 22.6 Å². The predicted octanol–water partition coefficient (Wildman–Crippen LogP) is 3.10. The molecule has 1 aromatic heterocycles. The van der Waals surface area contributed by atoms with E-state index in [1.807, 2.05) is 19.0 Å². The highest BCUT2D eigenvalue weighted by molar-refractivity contribution is 6.08. The summed E-state index contributed by atoms with van der Waals surface area (Å²) in [6, 6.07) is 5.33. The van der Waals surface area contributed by atoms with Crippen molar-refractivity contribution in [1.29, 1.82) is 0 Å². The highest BCUT2D eigenvalue weighted by Gasteiger charge is 2.27. The molecule has 0 atom stereocenters. The average Bonchev–Trinajstić information content (AvgIpc) is 2.90. The van der Waals surface area contributed by atoms with E-state index < -0.39 is 11.6 Å². The van der Waals surface area contributed by atoms with Gasteiger partial charge in [-0.1, -0.05) is 0 Å². The highest BCUT2D eigenvalue weighted by atomic mass is 16.6. The largest absolute Gasteiger partial charge is 0.497 e. The fourth-order valence-corrected chi connectivity index (χ4v) is 2.85. The molecule has 0 N–H and O–H groups in total. The molecule has 7 nitrogen and oxygen atoms in total. The molecule has 0 saturated heterocycles. The Morgan fingerprint density at radius 1 is 1.14 bits per heavy atom. The quantitative estimate of drug-likeness (QED) is 0.677. The number of nitrogens with zero attached hydrogens (tertiary/aromatic N) is 2. The zero-order valence-electron chi connectivity index (χ0n) is 17.8. The molecule has 0 spiro atoms. The number of carbonyl (C=O) groups is 2. The number of hydrogen-bond donors (Lipinski definition) is 0. The maximum absolute atomic E-state index is 13.4. The Morgan fingerprint density at radius 3 is 2.39 bits per heavy atom. The number of benzene rings is 1. The molecule has 2 aromatic rings. The van der Waals surface area contributed by atoms with Crippen LogP contribution in [0.4, 0.5) is 0 Å². The van der Waals surface area contributed by atoms with Gasteiger partial charge >= 0.3 is 5.97 Å². The second kappa shape index (κ2) is 8.65. The minimum Gasteiger partial charge on any atom is -0.497 e. The predicted molar refractivity (Wildman–Crippen MR) is 108 cm³/mol. The molecule has 28 heavy (non-hydrogen) atoms. The van der Waals surface area contributed by atoms with Crippen LogP contribution < -0.4 is 4.74 Å². The zero-order chi connectivity index (χ0) is 21.1. The van der Waals surface area contributed by atoms with E-state index in [1.54, 1.807) is 53.0 Å². The fraction of sp³-hybridized carbons (Fsp3) is 0.524. The molecular formula is C21H30N2O5. The van der Waals surface area contributed by atoms with E-state index in [-0.39, 0.29) is 12.5 Å². The van der Waals surface area contributed by atoms with Crippen molar-refractivity contribution in [1.82, 2.24) is 9.80 Å². The maximum Gasteiger partial charge on any atom is 0.326 e. The van der Waals surface area contributed by atoms with Gasteiger partial charge < -0.3 is 23.7 Å². The molecule has 0 aliphatic rings. The van der Waals surface area contributed by atoms with E-state index >= 15 is 0 Å². The molecule has 0 fully saturated rings. The molecule has 1 heterocycles. The van der Waals surface area contributed by atoms with Crippen LogP contribution in [0.2, 0.25) is 0 Å². The Kier molecular flexibility index (Phi) is 6.72. The molecule has 154 valence electrons. The second-order valence-corrected chi connectivity index (χ2v) is 8.01. The minimum atomic E-state index is -0.612. The monoisotopic (exact) mass is 390 g/mol. The molecular weight excluding hydrogens is 360 g/mol. The van der Waals surface area contributed by atoms with Crippen LogP contribution in [0.5, 0.6) is 5.75 Å². The fourth-order valence-electron chi connectivity index (χ4n) is 2.85. The van der Waals surface area contributed by atoms with Crippen LogP contribution in [0.25, 0.3) is 11.0 Å². The number of methoxy groups -OCH3 is 1. The van der Waals surface area contributed by atoms with Crippen molar-refractivity contribution in [3.05, 3.63) is 29.5 Å². The van der Waals surface area contributed by atoms with E-state index in [2.05, 4.69) is 0 Å². The summed E-state index contributed by atoms with van der Waals surface area (Å²) in [5.41, 5.74) is 0.432. The van der Waals surface area contributed by atoms with E-state index in [0.717, 1.165) is 0 Å². The van der Waals surface area contributed by atoms with Gasteiger partial charge in [-0.2, -0.15) is 0 Å². The lowest BCUT2D eigenvalue weighted by atomic mass is 10.1. The second-order valence-electron chi connectivity index (χ2n) is 8.01. The standard InChI is InChI=1S/C21H30N2O5/c1-14-19(16-12-15(26-7)8-9-17(16)27-14)20(25)23(11-10-22(5)6)13-18(24)28-21(2,3)4/h8-9,12H,10-11,13H2,1-7H3. The van der Waals surface area contributed by atoms with Gasteiger partial charge in [-0.05, 0) is 60.0 Å². The summed E-state index contributed by atoms with van der Waals surface area (Å²) in [7, 11) is 5.40. The van der Waals surface area contributed by atoms with Gasteiger partial charge in [0.1, 0.15) is 29.2 Å². The highest BCUT2D eigenvalue weighted by Crippen LogP contribution is 2.30. The Hall–Kier alpha value is -2.54. The van der Waals surface area contributed by atoms with Gasteiger partial charge in [0.15, 0.2) is 0 Å². The van der Waals surface area contributed by atoms with Crippen molar-refractivity contribution >= 4 is 22.8 Å². The molecule has 0 aliphatic carbocycles. The lowest BCUT2D eigenvalue weighted by molar-refractivity contribution is -0.155. The number of furan rings is 1. The number of hydrogen-bond acceptors (Lipinski definition) is 6. The number of likely N-dealkylation sites (N-methyl/N-ethyl adjacent to an activating group) is 1. The van der Waals surface area contributed by atoms with Crippen LogP contribution >= 0.6 is 0 Å². The summed E-state index contributed by atoms with van der Waals surface area (Å²) in [5.74, 6) is 0.432. The summed E-state index contributed by atoms with van der Waals surface area (Å²) < 4.78 is 16.4. The SMILES string of the molecule is COc1ccc2oc(C)c(C(=O)N(CCN(C)C)CC(=O)OC(C)(C)C)c2c1. The van der Waals surface area contributed by atoms with Crippen LogP contribution in [0, 0.1) is 6.92 Å². The first kappa shape index (κ1) is 21.8. The van der Waals surface area contributed by atoms with Crippen molar-refractivity contribution in [2.45, 2.75) is 33.3 Å². The number of esters is 1. The van der Waals surface area contributed by atoms with Crippen LogP contribution in [0.3, 0.4) is 0 Å². The summed E-state index contributed by atoms with van der Waals surface area (Å²) in [5, 5.41) is 0.667. The van der Waals surface area contributed by atoms with Gasteiger partial charge in [-0.3, -0.25) is 9.59 Å². The molecule has 1 amide bonds. The van der Waals surface area contributed by atoms with Crippen molar-refractivity contribution in [3.63, 3.8) is 0 Å². The first-order valence-electron chi connectivity index (χ1n) is 9.25. The van der Waals surface area contributed by atoms with E-state index in [1.165, 1.54) is 4.90 Å². The van der Waals surface area contributed by atoms with Gasteiger partial charge in [0.05, 0.1) is 12.7 Å². The van der Waals surface area contributed by atoms with Crippen molar-refractivity contribution in [2.75, 3.05) is 40.8 Å². The Bertz CT molecular complexity index is 848. The van der Waals surface area contributed by atoms with Gasteiger partial charge in [0.25, 0.3) is 5.91 Å². The Labute approximate surface area is 166 Å². The molecule has 0 bridgehead atoms. The van der Waals surface area contributed by atoms with Crippen LogP contribution in [-0.4, -0.2) is 68.1 Å². The number of carbonyl (C=O) groups excluding carboxylic acids is 2. The lowest BCUT2D eigenvalue weighted by Gasteiger charge is -2.26. The molecule has 0 aliphatic heterocycles. The smallest absolute Gasteiger partial charge is 0.326 e. The lowest BCUT2D eigenvalue weighted by Crippen LogP contribution is -2.42. The molecule has 7 heteroatoms. The third kappa shape index (κ3) is 5.48. The normalized spacial score (nSPS) is 11.7. The summed E-state index contributed by atoms with van der Waals surface area (Å²) in [6.45, 7) is 8.04. The molecule has 0 saturated carbocycles. The third-order valence-electron chi connectivity index (χ3n) is 4.13. The molecule has 2 rings (SSSR count). The van der Waals surface area contributed by atoms with Gasteiger partial charge in [0.2, 0.25) is 0 Å². The maximum atomic E-state index is 13.4. The Morgan fingerprint density at radius 2 is 1.82 bits per heavy atom. The molecule has 1 aromatic carbocycles. The first-order valence-corrected chi connectivity index (χ1v) is 9.25.